The lowest BCUT2D eigenvalue weighted by Crippen LogP contribution is -2.17. The Balaban J connectivity index is 1.35. The number of ether oxygens (including phenoxy) is 1. The summed E-state index contributed by atoms with van der Waals surface area (Å²) < 4.78 is 26.2. The largest absolute Gasteiger partial charge is 0.382 e. The van der Waals surface area contributed by atoms with Crippen molar-refractivity contribution >= 4 is 36.1 Å². The predicted molar refractivity (Wildman–Crippen MR) is 176 cm³/mol. The van der Waals surface area contributed by atoms with Gasteiger partial charge in [-0.15, -0.1) is 0 Å². The zero-order valence-corrected chi connectivity index (χ0v) is 27.9. The highest BCUT2D eigenvalue weighted by molar-refractivity contribution is 7.99. The van der Waals surface area contributed by atoms with Crippen molar-refractivity contribution in [3.05, 3.63) is 12.7 Å². The van der Waals surface area contributed by atoms with Crippen molar-refractivity contribution in [2.45, 2.75) is 136 Å². The van der Waals surface area contributed by atoms with E-state index in [1.165, 1.54) is 115 Å². The zero-order valence-electron chi connectivity index (χ0n) is 26.2. The van der Waals surface area contributed by atoms with Gasteiger partial charge >= 0.3 is 0 Å². The van der Waals surface area contributed by atoms with Crippen LogP contribution in [-0.4, -0.2) is 56.7 Å². The minimum atomic E-state index is -2.79. The van der Waals surface area contributed by atoms with E-state index >= 15 is 0 Å². The van der Waals surface area contributed by atoms with E-state index in [2.05, 4.69) is 21.9 Å². The van der Waals surface area contributed by atoms with Crippen LogP contribution in [0.25, 0.3) is 11.2 Å². The van der Waals surface area contributed by atoms with Gasteiger partial charge in [0, 0.05) is 6.66 Å². The maximum absolute atomic E-state index is 12.8. The first-order chi connectivity index (χ1) is 19.9. The van der Waals surface area contributed by atoms with Crippen molar-refractivity contribution < 1.29 is 13.8 Å². The molecule has 0 aromatic carbocycles. The Kier molecular flexibility index (Phi) is 19.7. The van der Waals surface area contributed by atoms with Crippen LogP contribution in [0.15, 0.2) is 12.7 Å². The molecule has 0 bridgehead atoms. The molecule has 0 fully saturated rings. The second-order valence-corrected chi connectivity index (χ2v) is 15.3. The topological polar surface area (TPSA) is 105 Å². The fourth-order valence-electron chi connectivity index (χ4n) is 4.93. The number of fused-ring (bicyclic) bond motifs is 1. The number of rotatable bonds is 27. The second-order valence-electron chi connectivity index (χ2n) is 11.6. The molecule has 41 heavy (non-hydrogen) atoms. The third kappa shape index (κ3) is 16.9. The van der Waals surface area contributed by atoms with Crippen LogP contribution < -0.4 is 5.73 Å². The molecule has 0 saturated carbocycles. The number of nitrogens with zero attached hydrogens (tertiary/aromatic N) is 4. The minimum absolute atomic E-state index is 0.101. The van der Waals surface area contributed by atoms with Gasteiger partial charge in [-0.3, -0.25) is 4.57 Å². The van der Waals surface area contributed by atoms with E-state index in [1.54, 1.807) is 13.0 Å². The number of hydrogen-bond donors (Lipinski definition) is 1. The Labute approximate surface area is 254 Å². The number of aromatic nitrogens is 4. The SMILES string of the molecule is CCCCCCCCCCCCCCCCCCSCCCOP(C)(=O)CO[C@H](C)Cn1cnc2c(N)ncnc21. The molecular weight excluding hydrogens is 553 g/mol. The third-order valence-electron chi connectivity index (χ3n) is 7.42. The maximum Gasteiger partial charge on any atom is 0.225 e. The number of thioether (sulfide) groups is 1. The highest BCUT2D eigenvalue weighted by Gasteiger charge is 2.19. The zero-order chi connectivity index (χ0) is 29.6. The van der Waals surface area contributed by atoms with Crippen LogP contribution in [0.4, 0.5) is 5.82 Å². The van der Waals surface area contributed by atoms with Gasteiger partial charge in [-0.25, -0.2) is 15.0 Å². The van der Waals surface area contributed by atoms with Gasteiger partial charge in [0.15, 0.2) is 11.5 Å². The molecule has 10 heteroatoms. The molecule has 2 rings (SSSR count). The first-order valence-corrected chi connectivity index (χ1v) is 19.7. The van der Waals surface area contributed by atoms with Crippen LogP contribution in [0.1, 0.15) is 123 Å². The van der Waals surface area contributed by atoms with Gasteiger partial charge in [-0.2, -0.15) is 11.8 Å². The number of hydrogen-bond acceptors (Lipinski definition) is 8. The Morgan fingerprint density at radius 1 is 0.854 bits per heavy atom. The van der Waals surface area contributed by atoms with Crippen LogP contribution in [0.5, 0.6) is 0 Å². The average Bonchev–Trinajstić information content (AvgIpc) is 3.36. The number of anilines is 1. The monoisotopic (exact) mass is 611 g/mol. The van der Waals surface area contributed by atoms with Gasteiger partial charge in [0.1, 0.15) is 18.2 Å². The summed E-state index contributed by atoms with van der Waals surface area (Å²) in [5, 5.41) is 0. The summed E-state index contributed by atoms with van der Waals surface area (Å²) in [7, 11) is -2.79. The molecule has 0 spiro atoms. The van der Waals surface area contributed by atoms with E-state index in [0.717, 1.165) is 12.2 Å². The van der Waals surface area contributed by atoms with Gasteiger partial charge in [-0.1, -0.05) is 103 Å². The summed E-state index contributed by atoms with van der Waals surface area (Å²) >= 11 is 1.98. The molecule has 0 aliphatic rings. The van der Waals surface area contributed by atoms with Gasteiger partial charge in [-0.05, 0) is 31.3 Å². The van der Waals surface area contributed by atoms with Gasteiger partial charge < -0.3 is 19.6 Å². The lowest BCUT2D eigenvalue weighted by Gasteiger charge is -2.18. The molecule has 2 aromatic rings. The van der Waals surface area contributed by atoms with Gasteiger partial charge in [0.25, 0.3) is 0 Å². The van der Waals surface area contributed by atoms with E-state index in [1.807, 2.05) is 23.3 Å². The van der Waals surface area contributed by atoms with Crippen molar-refractivity contribution in [1.82, 2.24) is 19.5 Å². The first kappa shape index (κ1) is 36.0. The molecule has 0 saturated heterocycles. The van der Waals surface area contributed by atoms with Crippen molar-refractivity contribution in [3.63, 3.8) is 0 Å². The molecule has 0 radical (unpaired) electrons. The molecule has 2 aromatic heterocycles. The quantitative estimate of drug-likeness (QED) is 0.0788. The van der Waals surface area contributed by atoms with Crippen LogP contribution in [0.2, 0.25) is 0 Å². The fourth-order valence-corrected chi connectivity index (χ4v) is 6.98. The van der Waals surface area contributed by atoms with Crippen molar-refractivity contribution in [2.75, 3.05) is 36.9 Å². The Hall–Kier alpha value is -1.15. The Morgan fingerprint density at radius 3 is 2.02 bits per heavy atom. The third-order valence-corrected chi connectivity index (χ3v) is 9.92. The smallest absolute Gasteiger partial charge is 0.225 e. The maximum atomic E-state index is 12.8. The summed E-state index contributed by atoms with van der Waals surface area (Å²) in [6, 6.07) is 0. The van der Waals surface area contributed by atoms with Crippen LogP contribution in [0.3, 0.4) is 0 Å². The highest BCUT2D eigenvalue weighted by Crippen LogP contribution is 2.42. The lowest BCUT2D eigenvalue weighted by molar-refractivity contribution is 0.0801. The van der Waals surface area contributed by atoms with Crippen molar-refractivity contribution in [3.8, 4) is 0 Å². The second kappa shape index (κ2) is 22.4. The van der Waals surface area contributed by atoms with Crippen LogP contribution >= 0.6 is 19.1 Å². The highest BCUT2D eigenvalue weighted by atomic mass is 32.2. The number of unbranched alkanes of at least 4 members (excludes halogenated alkanes) is 15. The molecule has 8 nitrogen and oxygen atoms in total. The van der Waals surface area contributed by atoms with E-state index in [4.69, 9.17) is 15.0 Å². The molecule has 0 aliphatic heterocycles. The molecule has 0 aliphatic carbocycles. The summed E-state index contributed by atoms with van der Waals surface area (Å²) in [4.78, 5) is 12.5. The van der Waals surface area contributed by atoms with E-state index < -0.39 is 7.37 Å². The fraction of sp³-hybridized carbons (Fsp3) is 0.839. The standard InChI is InChI=1S/C31H58N5O3PS/c1-4-5-6-7-8-9-10-11-12-13-14-15-16-17-18-19-22-41-23-20-21-39-40(3,37)27-38-28(2)24-36-26-35-29-30(32)33-25-34-31(29)36/h25-26,28H,4-24,27H2,1-3H3,(H2,32,33,34)/t28-,40?/m1/s1. The summed E-state index contributed by atoms with van der Waals surface area (Å²) in [6.07, 6.45) is 26.5. The molecule has 2 atom stereocenters. The van der Waals surface area contributed by atoms with E-state index in [0.29, 0.717) is 30.1 Å². The van der Waals surface area contributed by atoms with Crippen molar-refractivity contribution in [1.29, 1.82) is 0 Å². The normalized spacial score (nSPS) is 14.0. The van der Waals surface area contributed by atoms with Gasteiger partial charge in [0.05, 0.1) is 25.6 Å². The van der Waals surface area contributed by atoms with E-state index in [-0.39, 0.29) is 12.5 Å². The Morgan fingerprint density at radius 2 is 1.41 bits per heavy atom. The number of imidazole rings is 1. The molecule has 2 N–H and O–H groups in total. The molecule has 0 amide bonds. The minimum Gasteiger partial charge on any atom is -0.382 e. The van der Waals surface area contributed by atoms with Gasteiger partial charge in [0.2, 0.25) is 7.37 Å². The molecule has 1 unspecified atom stereocenters. The van der Waals surface area contributed by atoms with Crippen molar-refractivity contribution in [2.24, 2.45) is 0 Å². The number of nitrogen functional groups attached to an aromatic ring is 1. The lowest BCUT2D eigenvalue weighted by atomic mass is 10.0. The van der Waals surface area contributed by atoms with Crippen LogP contribution in [-0.2, 0) is 20.4 Å². The molecule has 236 valence electrons. The Bertz CT molecular complexity index is 976. The summed E-state index contributed by atoms with van der Waals surface area (Å²) in [5.41, 5.74) is 7.10. The average molecular weight is 612 g/mol. The van der Waals surface area contributed by atoms with E-state index in [9.17, 15) is 4.57 Å². The molecular formula is C31H58N5O3PS. The summed E-state index contributed by atoms with van der Waals surface area (Å²) in [6.45, 7) is 6.92. The molecule has 2 heterocycles. The first-order valence-electron chi connectivity index (χ1n) is 16.2. The predicted octanol–water partition coefficient (Wildman–Crippen LogP) is 9.08. The summed E-state index contributed by atoms with van der Waals surface area (Å²) in [5.74, 6) is 2.62. The van der Waals surface area contributed by atoms with Crippen LogP contribution in [0, 0.1) is 0 Å². The number of nitrogens with two attached hydrogens (primary N) is 1.